The number of anilines is 2. The lowest BCUT2D eigenvalue weighted by Gasteiger charge is -2.23. The van der Waals surface area contributed by atoms with E-state index in [-0.39, 0.29) is 5.91 Å². The van der Waals surface area contributed by atoms with Gasteiger partial charge in [0, 0.05) is 12.3 Å². The number of carbonyl (C=O) groups is 1. The molecule has 1 aliphatic heterocycles. The summed E-state index contributed by atoms with van der Waals surface area (Å²) < 4.78 is 0. The van der Waals surface area contributed by atoms with E-state index in [1.807, 2.05) is 19.1 Å². The number of aromatic nitrogens is 1. The van der Waals surface area contributed by atoms with E-state index in [1.54, 1.807) is 28.1 Å². The van der Waals surface area contributed by atoms with Crippen LogP contribution in [0.25, 0.3) is 0 Å². The summed E-state index contributed by atoms with van der Waals surface area (Å²) in [5, 5.41) is 2.89. The molecule has 1 aliphatic rings. The largest absolute Gasteiger partial charge is 0.330 e. The minimum absolute atomic E-state index is 0.00757. The van der Waals surface area contributed by atoms with E-state index < -0.39 is 0 Å². The van der Waals surface area contributed by atoms with Crippen LogP contribution in [0.5, 0.6) is 0 Å². The van der Waals surface area contributed by atoms with Crippen LogP contribution in [0.15, 0.2) is 23.6 Å². The van der Waals surface area contributed by atoms with Crippen molar-refractivity contribution in [2.45, 2.75) is 46.6 Å². The molecule has 0 spiro atoms. The number of amides is 1. The van der Waals surface area contributed by atoms with Crippen molar-refractivity contribution in [3.63, 3.8) is 0 Å². The Morgan fingerprint density at radius 3 is 2.67 bits per heavy atom. The third kappa shape index (κ3) is 3.84. The highest BCUT2D eigenvalue weighted by atomic mass is 32.1. The third-order valence-corrected chi connectivity index (χ3v) is 5.51. The van der Waals surface area contributed by atoms with Crippen LogP contribution in [0.1, 0.15) is 43.0 Å². The van der Waals surface area contributed by atoms with Crippen molar-refractivity contribution in [2.24, 2.45) is 0 Å². The molecule has 0 radical (unpaired) electrons. The van der Waals surface area contributed by atoms with Gasteiger partial charge >= 0.3 is 0 Å². The monoisotopic (exact) mass is 344 g/mol. The second-order valence-corrected chi connectivity index (χ2v) is 7.59. The number of aryl methyl sites for hydroxylation is 2. The van der Waals surface area contributed by atoms with Crippen LogP contribution in [0.3, 0.4) is 0 Å². The number of quaternary nitrogens is 1. The van der Waals surface area contributed by atoms with Gasteiger partial charge in [-0.25, -0.2) is 4.98 Å². The summed E-state index contributed by atoms with van der Waals surface area (Å²) >= 11 is 1.56. The fourth-order valence-electron chi connectivity index (χ4n) is 3.43. The highest BCUT2D eigenvalue weighted by molar-refractivity contribution is 7.14. The fraction of sp³-hybridized carbons (Fsp3) is 0.474. The van der Waals surface area contributed by atoms with Gasteiger partial charge in [-0.15, -0.1) is 11.3 Å². The summed E-state index contributed by atoms with van der Waals surface area (Å²) in [6, 6.07) is 6.17. The average molecular weight is 345 g/mol. The van der Waals surface area contributed by atoms with Gasteiger partial charge in [-0.05, 0) is 44.7 Å². The Kier molecular flexibility index (Phi) is 5.31. The number of nitrogens with one attached hydrogen (secondary N) is 1. The molecule has 128 valence electrons. The molecule has 2 heterocycles. The van der Waals surface area contributed by atoms with E-state index in [0.29, 0.717) is 0 Å². The van der Waals surface area contributed by atoms with Crippen LogP contribution in [0.4, 0.5) is 10.8 Å². The van der Waals surface area contributed by atoms with Gasteiger partial charge in [0.15, 0.2) is 5.13 Å². The molecule has 1 aromatic heterocycles. The maximum Gasteiger partial charge on any atom is 0.230 e. The molecule has 5 heteroatoms. The molecule has 0 bridgehead atoms. The van der Waals surface area contributed by atoms with Gasteiger partial charge in [-0.2, -0.15) is 0 Å². The number of thiazole rings is 1. The Balaban J connectivity index is 1.83. The molecule has 2 aromatic rings. The number of benzene rings is 1. The molecule has 1 amide bonds. The van der Waals surface area contributed by atoms with Gasteiger partial charge in [-0.1, -0.05) is 17.7 Å². The zero-order chi connectivity index (χ0) is 17.1. The minimum atomic E-state index is 0.00757. The lowest BCUT2D eigenvalue weighted by Crippen LogP contribution is -3.11. The fourth-order valence-corrected chi connectivity index (χ4v) is 4.31. The maximum absolute atomic E-state index is 12.3. The second-order valence-electron chi connectivity index (χ2n) is 6.75. The first-order chi connectivity index (χ1) is 11.5. The molecule has 0 unspecified atom stereocenters. The van der Waals surface area contributed by atoms with Crippen LogP contribution >= 0.6 is 11.3 Å². The number of hydrogen-bond acceptors (Lipinski definition) is 3. The Labute approximate surface area is 148 Å². The van der Waals surface area contributed by atoms with Gasteiger partial charge in [-0.3, -0.25) is 9.69 Å². The highest BCUT2D eigenvalue weighted by Crippen LogP contribution is 2.31. The minimum Gasteiger partial charge on any atom is -0.330 e. The number of nitrogens with zero attached hydrogens (tertiary/aromatic N) is 2. The van der Waals surface area contributed by atoms with Crippen LogP contribution in [-0.4, -0.2) is 24.0 Å². The molecule has 1 fully saturated rings. The summed E-state index contributed by atoms with van der Waals surface area (Å²) in [5.41, 5.74) is 4.33. The van der Waals surface area contributed by atoms with Gasteiger partial charge in [0.05, 0.1) is 18.8 Å². The smallest absolute Gasteiger partial charge is 0.230 e. The van der Waals surface area contributed by atoms with E-state index in [0.717, 1.165) is 28.6 Å². The molecule has 1 N–H and O–H groups in total. The first-order valence-corrected chi connectivity index (χ1v) is 9.58. The van der Waals surface area contributed by atoms with Crippen molar-refractivity contribution >= 4 is 28.1 Å². The Hall–Kier alpha value is -1.72. The highest BCUT2D eigenvalue weighted by Gasteiger charge is 2.21. The van der Waals surface area contributed by atoms with E-state index in [9.17, 15) is 4.79 Å². The predicted molar refractivity (Wildman–Crippen MR) is 99.1 cm³/mol. The number of piperidine rings is 1. The van der Waals surface area contributed by atoms with Crippen molar-refractivity contribution in [1.82, 2.24) is 4.98 Å². The summed E-state index contributed by atoms with van der Waals surface area (Å²) in [6.07, 6.45) is 3.99. The molecule has 1 aromatic carbocycles. The van der Waals surface area contributed by atoms with Crippen molar-refractivity contribution in [2.75, 3.05) is 18.0 Å². The summed E-state index contributed by atoms with van der Waals surface area (Å²) in [4.78, 5) is 20.4. The summed E-state index contributed by atoms with van der Waals surface area (Å²) in [5.74, 6) is 0.00757. The summed E-state index contributed by atoms with van der Waals surface area (Å²) in [6.45, 7) is 9.16. The average Bonchev–Trinajstić information content (AvgIpc) is 2.98. The van der Waals surface area contributed by atoms with E-state index in [4.69, 9.17) is 4.98 Å². The van der Waals surface area contributed by atoms with Crippen molar-refractivity contribution in [3.8, 4) is 0 Å². The van der Waals surface area contributed by atoms with Gasteiger partial charge < -0.3 is 4.90 Å². The number of carbonyl (C=O) groups excluding carboxylic acids is 1. The Morgan fingerprint density at radius 1 is 1.25 bits per heavy atom. The summed E-state index contributed by atoms with van der Waals surface area (Å²) in [7, 11) is 0. The first kappa shape index (κ1) is 17.1. The Morgan fingerprint density at radius 2 is 2.00 bits per heavy atom. The Bertz CT molecular complexity index is 719. The quantitative estimate of drug-likeness (QED) is 0.926. The first-order valence-electron chi connectivity index (χ1n) is 8.70. The molecule has 0 aliphatic carbocycles. The topological polar surface area (TPSA) is 37.6 Å². The standard InChI is InChI=1S/C19H25N3OS/c1-14-7-8-18(15(2)11-14)22(16(3)23)19-20-17(13-24-19)12-21-9-5-4-6-10-21/h7-8,11,13H,4-6,9-10,12H2,1-3H3/p+1. The molecular formula is C19H26N3OS+. The molecule has 4 nitrogen and oxygen atoms in total. The molecule has 3 rings (SSSR count). The van der Waals surface area contributed by atoms with Crippen LogP contribution in [0.2, 0.25) is 0 Å². The van der Waals surface area contributed by atoms with Crippen LogP contribution in [0, 0.1) is 13.8 Å². The zero-order valence-corrected chi connectivity index (χ0v) is 15.6. The molecule has 0 saturated carbocycles. The van der Waals surface area contributed by atoms with Crippen molar-refractivity contribution in [1.29, 1.82) is 0 Å². The number of rotatable bonds is 4. The lowest BCUT2D eigenvalue weighted by atomic mass is 10.1. The zero-order valence-electron chi connectivity index (χ0n) is 14.8. The molecule has 1 saturated heterocycles. The van der Waals surface area contributed by atoms with Gasteiger partial charge in [0.25, 0.3) is 0 Å². The third-order valence-electron chi connectivity index (χ3n) is 4.63. The SMILES string of the molecule is CC(=O)N(c1nc(C[NH+]2CCCCC2)cs1)c1ccc(C)cc1C. The molecule has 0 atom stereocenters. The number of hydrogen-bond donors (Lipinski definition) is 1. The number of likely N-dealkylation sites (tertiary alicyclic amines) is 1. The van der Waals surface area contributed by atoms with Crippen molar-refractivity contribution < 1.29 is 9.69 Å². The molecule has 24 heavy (non-hydrogen) atoms. The molecular weight excluding hydrogens is 318 g/mol. The van der Waals surface area contributed by atoms with E-state index in [2.05, 4.69) is 18.4 Å². The van der Waals surface area contributed by atoms with Crippen LogP contribution in [-0.2, 0) is 11.3 Å². The lowest BCUT2D eigenvalue weighted by molar-refractivity contribution is -0.918. The van der Waals surface area contributed by atoms with E-state index >= 15 is 0 Å². The predicted octanol–water partition coefficient (Wildman–Crippen LogP) is 3.01. The second kappa shape index (κ2) is 7.45. The maximum atomic E-state index is 12.3. The van der Waals surface area contributed by atoms with Crippen molar-refractivity contribution in [3.05, 3.63) is 40.4 Å². The van der Waals surface area contributed by atoms with Crippen LogP contribution < -0.4 is 9.80 Å². The van der Waals surface area contributed by atoms with E-state index in [1.165, 1.54) is 37.9 Å². The van der Waals surface area contributed by atoms with Gasteiger partial charge in [0.2, 0.25) is 5.91 Å². The van der Waals surface area contributed by atoms with Gasteiger partial charge in [0.1, 0.15) is 12.2 Å². The normalized spacial score (nSPS) is 15.5.